The van der Waals surface area contributed by atoms with Gasteiger partial charge in [0.1, 0.15) is 0 Å². The minimum absolute atomic E-state index is 0.00608. The zero-order valence-corrected chi connectivity index (χ0v) is 14.2. The van der Waals surface area contributed by atoms with Gasteiger partial charge in [0.05, 0.1) is 4.88 Å². The average molecular weight is 326 g/mol. The molecule has 1 amide bonds. The van der Waals surface area contributed by atoms with Gasteiger partial charge in [-0.2, -0.15) is 0 Å². The zero-order chi connectivity index (χ0) is 16.0. The Kier molecular flexibility index (Phi) is 10.1. The highest BCUT2D eigenvalue weighted by Crippen LogP contribution is 2.07. The van der Waals surface area contributed by atoms with Gasteiger partial charge in [-0.3, -0.25) is 9.79 Å². The van der Waals surface area contributed by atoms with Crippen LogP contribution < -0.4 is 16.0 Å². The van der Waals surface area contributed by atoms with Crippen molar-refractivity contribution in [2.75, 3.05) is 39.9 Å². The van der Waals surface area contributed by atoms with Crippen molar-refractivity contribution in [3.05, 3.63) is 22.4 Å². The van der Waals surface area contributed by atoms with Gasteiger partial charge in [-0.05, 0) is 31.2 Å². The molecule has 0 saturated heterocycles. The smallest absolute Gasteiger partial charge is 0.261 e. The van der Waals surface area contributed by atoms with Crippen molar-refractivity contribution in [1.82, 2.24) is 16.0 Å². The van der Waals surface area contributed by atoms with Crippen LogP contribution in [0.15, 0.2) is 22.5 Å². The predicted molar refractivity (Wildman–Crippen MR) is 91.7 cm³/mol. The highest BCUT2D eigenvalue weighted by atomic mass is 32.1. The summed E-state index contributed by atoms with van der Waals surface area (Å²) in [6.07, 6.45) is 1.79. The Balaban J connectivity index is 2.03. The lowest BCUT2D eigenvalue weighted by Gasteiger charge is -2.12. The molecular formula is C15H26N4O2S. The molecular weight excluding hydrogens is 300 g/mol. The van der Waals surface area contributed by atoms with Crippen LogP contribution in [0.2, 0.25) is 0 Å². The maximum Gasteiger partial charge on any atom is 0.261 e. The largest absolute Gasteiger partial charge is 0.382 e. The van der Waals surface area contributed by atoms with E-state index in [1.807, 2.05) is 24.4 Å². The van der Waals surface area contributed by atoms with Crippen molar-refractivity contribution in [1.29, 1.82) is 0 Å². The number of carbonyl (C=O) groups is 1. The summed E-state index contributed by atoms with van der Waals surface area (Å²) in [5, 5.41) is 11.2. The molecule has 0 aliphatic rings. The van der Waals surface area contributed by atoms with E-state index < -0.39 is 0 Å². The summed E-state index contributed by atoms with van der Waals surface area (Å²) >= 11 is 1.45. The third-order valence-corrected chi connectivity index (χ3v) is 3.73. The molecule has 1 heterocycles. The van der Waals surface area contributed by atoms with Crippen LogP contribution in [0.5, 0.6) is 0 Å². The molecule has 124 valence electrons. The monoisotopic (exact) mass is 326 g/mol. The van der Waals surface area contributed by atoms with Crippen molar-refractivity contribution < 1.29 is 9.53 Å². The van der Waals surface area contributed by atoms with Crippen LogP contribution in [-0.4, -0.2) is 51.8 Å². The fraction of sp³-hybridized carbons (Fsp3) is 0.600. The molecule has 22 heavy (non-hydrogen) atoms. The summed E-state index contributed by atoms with van der Waals surface area (Å²) in [7, 11) is 1.75. The first kappa shape index (κ1) is 18.4. The van der Waals surface area contributed by atoms with E-state index in [1.165, 1.54) is 11.3 Å². The fourth-order valence-corrected chi connectivity index (χ4v) is 2.38. The van der Waals surface area contributed by atoms with Crippen molar-refractivity contribution in [2.24, 2.45) is 4.99 Å². The van der Waals surface area contributed by atoms with Gasteiger partial charge >= 0.3 is 0 Å². The standard InChI is InChI=1S/C15H26N4O2S/c1-3-21-11-6-10-19-15(16-2)18-9-5-8-17-14(20)13-7-4-12-22-13/h4,7,12H,3,5-6,8-11H2,1-2H3,(H,17,20)(H2,16,18,19). The van der Waals surface area contributed by atoms with Crippen LogP contribution in [0.3, 0.4) is 0 Å². The number of hydrogen-bond donors (Lipinski definition) is 3. The number of amides is 1. The molecule has 7 heteroatoms. The lowest BCUT2D eigenvalue weighted by Crippen LogP contribution is -2.39. The molecule has 0 bridgehead atoms. The van der Waals surface area contributed by atoms with E-state index in [4.69, 9.17) is 4.74 Å². The lowest BCUT2D eigenvalue weighted by molar-refractivity contribution is 0.0957. The number of thiophene rings is 1. The van der Waals surface area contributed by atoms with E-state index in [1.54, 1.807) is 7.05 Å². The van der Waals surface area contributed by atoms with E-state index in [0.717, 1.165) is 50.0 Å². The van der Waals surface area contributed by atoms with Gasteiger partial charge in [-0.1, -0.05) is 6.07 Å². The maximum absolute atomic E-state index is 11.7. The zero-order valence-electron chi connectivity index (χ0n) is 13.4. The third kappa shape index (κ3) is 7.99. The second kappa shape index (κ2) is 12.0. The number of hydrogen-bond acceptors (Lipinski definition) is 4. The highest BCUT2D eigenvalue weighted by Gasteiger charge is 2.04. The van der Waals surface area contributed by atoms with Gasteiger partial charge in [0.15, 0.2) is 5.96 Å². The molecule has 0 atom stereocenters. The van der Waals surface area contributed by atoms with Crippen molar-refractivity contribution in [2.45, 2.75) is 19.8 Å². The highest BCUT2D eigenvalue weighted by molar-refractivity contribution is 7.12. The Hall–Kier alpha value is -1.60. The first-order chi connectivity index (χ1) is 10.8. The van der Waals surface area contributed by atoms with Gasteiger partial charge in [0, 0.05) is 39.9 Å². The Morgan fingerprint density at radius 1 is 1.23 bits per heavy atom. The van der Waals surface area contributed by atoms with E-state index in [0.29, 0.717) is 6.54 Å². The Bertz CT molecular complexity index is 435. The maximum atomic E-state index is 11.7. The quantitative estimate of drug-likeness (QED) is 0.346. The molecule has 0 fully saturated rings. The van der Waals surface area contributed by atoms with Crippen molar-refractivity contribution >= 4 is 23.2 Å². The summed E-state index contributed by atoms with van der Waals surface area (Å²) in [4.78, 5) is 16.6. The van der Waals surface area contributed by atoms with Crippen molar-refractivity contribution in [3.63, 3.8) is 0 Å². The van der Waals surface area contributed by atoms with Gasteiger partial charge in [-0.25, -0.2) is 0 Å². The van der Waals surface area contributed by atoms with Crippen LogP contribution >= 0.6 is 11.3 Å². The normalized spacial score (nSPS) is 11.3. The van der Waals surface area contributed by atoms with Crippen LogP contribution in [0.25, 0.3) is 0 Å². The molecule has 0 saturated carbocycles. The molecule has 0 unspecified atom stereocenters. The van der Waals surface area contributed by atoms with E-state index >= 15 is 0 Å². The average Bonchev–Trinajstić information content (AvgIpc) is 3.06. The number of rotatable bonds is 10. The fourth-order valence-electron chi connectivity index (χ4n) is 1.74. The molecule has 6 nitrogen and oxygen atoms in total. The van der Waals surface area contributed by atoms with Crippen LogP contribution in [0.1, 0.15) is 29.4 Å². The number of carbonyl (C=O) groups excluding carboxylic acids is 1. The topological polar surface area (TPSA) is 74.8 Å². The summed E-state index contributed by atoms with van der Waals surface area (Å²) in [5.74, 6) is 0.773. The first-order valence-electron chi connectivity index (χ1n) is 7.62. The van der Waals surface area contributed by atoms with Crippen LogP contribution in [0, 0.1) is 0 Å². The molecule has 1 aromatic heterocycles. The van der Waals surface area contributed by atoms with E-state index in [-0.39, 0.29) is 5.91 Å². The summed E-state index contributed by atoms with van der Waals surface area (Å²) in [6.45, 7) is 5.74. The van der Waals surface area contributed by atoms with Gasteiger partial charge in [0.25, 0.3) is 5.91 Å². The number of ether oxygens (including phenoxy) is 1. The minimum Gasteiger partial charge on any atom is -0.382 e. The second-order valence-corrected chi connectivity index (χ2v) is 5.51. The Morgan fingerprint density at radius 3 is 2.59 bits per heavy atom. The van der Waals surface area contributed by atoms with Gasteiger partial charge < -0.3 is 20.7 Å². The minimum atomic E-state index is -0.00608. The number of nitrogens with zero attached hydrogens (tertiary/aromatic N) is 1. The van der Waals surface area contributed by atoms with Crippen LogP contribution in [-0.2, 0) is 4.74 Å². The molecule has 1 aromatic rings. The Morgan fingerprint density at radius 2 is 1.95 bits per heavy atom. The van der Waals surface area contributed by atoms with Gasteiger partial charge in [0.2, 0.25) is 0 Å². The summed E-state index contributed by atoms with van der Waals surface area (Å²) in [5.41, 5.74) is 0. The van der Waals surface area contributed by atoms with Crippen LogP contribution in [0.4, 0.5) is 0 Å². The molecule has 0 radical (unpaired) electrons. The molecule has 0 aliphatic carbocycles. The number of guanidine groups is 1. The van der Waals surface area contributed by atoms with Gasteiger partial charge in [-0.15, -0.1) is 11.3 Å². The number of aliphatic imine (C=N–C) groups is 1. The second-order valence-electron chi connectivity index (χ2n) is 4.56. The first-order valence-corrected chi connectivity index (χ1v) is 8.49. The third-order valence-electron chi connectivity index (χ3n) is 2.86. The van der Waals surface area contributed by atoms with E-state index in [2.05, 4.69) is 20.9 Å². The molecule has 0 aromatic carbocycles. The molecule has 3 N–H and O–H groups in total. The number of nitrogens with one attached hydrogen (secondary N) is 3. The summed E-state index contributed by atoms with van der Waals surface area (Å²) < 4.78 is 5.28. The molecule has 0 spiro atoms. The lowest BCUT2D eigenvalue weighted by atomic mass is 10.4. The molecule has 0 aliphatic heterocycles. The predicted octanol–water partition coefficient (Wildman–Crippen LogP) is 1.46. The molecule has 1 rings (SSSR count). The summed E-state index contributed by atoms with van der Waals surface area (Å²) in [6, 6.07) is 3.70. The van der Waals surface area contributed by atoms with E-state index in [9.17, 15) is 4.79 Å². The van der Waals surface area contributed by atoms with Crippen molar-refractivity contribution in [3.8, 4) is 0 Å². The SMILES string of the molecule is CCOCCCNC(=NC)NCCCNC(=O)c1cccs1. The Labute approximate surface area is 136 Å².